The topological polar surface area (TPSA) is 94.9 Å². The Labute approximate surface area is 207 Å². The number of nitrogens with one attached hydrogen (secondary N) is 3. The first-order chi connectivity index (χ1) is 16.5. The summed E-state index contributed by atoms with van der Waals surface area (Å²) in [6.07, 6.45) is 7.73. The van der Waals surface area contributed by atoms with Gasteiger partial charge in [-0.05, 0) is 56.7 Å². The van der Waals surface area contributed by atoms with Crippen LogP contribution in [0.15, 0.2) is 30.5 Å². The van der Waals surface area contributed by atoms with Gasteiger partial charge in [-0.15, -0.1) is 0 Å². The highest BCUT2D eigenvalue weighted by Crippen LogP contribution is 2.32. The fraction of sp³-hybridized carbons (Fsp3) is 0.577. The molecular formula is C26H35ClN6O. The van der Waals surface area contributed by atoms with Crippen molar-refractivity contribution < 1.29 is 4.74 Å². The Kier molecular flexibility index (Phi) is 8.25. The average molecular weight is 483 g/mol. The van der Waals surface area contributed by atoms with E-state index in [1.807, 2.05) is 24.3 Å². The molecule has 1 saturated heterocycles. The number of pyridine rings is 2. The van der Waals surface area contributed by atoms with Gasteiger partial charge >= 0.3 is 0 Å². The van der Waals surface area contributed by atoms with E-state index in [9.17, 15) is 5.26 Å². The van der Waals surface area contributed by atoms with Gasteiger partial charge in [0, 0.05) is 49.6 Å². The molecule has 0 unspecified atom stereocenters. The molecule has 2 fully saturated rings. The predicted octanol–water partition coefficient (Wildman–Crippen LogP) is 5.25. The first kappa shape index (κ1) is 24.7. The summed E-state index contributed by atoms with van der Waals surface area (Å²) in [4.78, 5) is 9.30. The molecule has 1 saturated carbocycles. The molecule has 1 aliphatic carbocycles. The van der Waals surface area contributed by atoms with Gasteiger partial charge in [-0.25, -0.2) is 9.97 Å². The predicted molar refractivity (Wildman–Crippen MR) is 137 cm³/mol. The number of anilines is 2. The van der Waals surface area contributed by atoms with Crippen LogP contribution in [0.3, 0.4) is 0 Å². The van der Waals surface area contributed by atoms with Crippen LogP contribution in [0.2, 0.25) is 5.02 Å². The second kappa shape index (κ2) is 11.4. The average Bonchev–Trinajstić information content (AvgIpc) is 2.85. The van der Waals surface area contributed by atoms with Crippen LogP contribution in [0.4, 0.5) is 11.6 Å². The van der Waals surface area contributed by atoms with Crippen molar-refractivity contribution in [3.05, 3.63) is 35.5 Å². The Morgan fingerprint density at radius 2 is 1.88 bits per heavy atom. The third kappa shape index (κ3) is 6.38. The summed E-state index contributed by atoms with van der Waals surface area (Å²) >= 11 is 6.52. The first-order valence-corrected chi connectivity index (χ1v) is 12.7. The minimum absolute atomic E-state index is 0.411. The second-order valence-electron chi connectivity index (χ2n) is 9.83. The molecule has 2 aromatic rings. The number of hydrogen-bond donors (Lipinski definition) is 3. The van der Waals surface area contributed by atoms with Gasteiger partial charge in [0.15, 0.2) is 0 Å². The van der Waals surface area contributed by atoms with Crippen molar-refractivity contribution in [1.82, 2.24) is 15.3 Å². The van der Waals surface area contributed by atoms with Crippen molar-refractivity contribution in [3.8, 4) is 17.3 Å². The number of rotatable bonds is 8. The highest BCUT2D eigenvalue weighted by Gasteiger charge is 2.32. The standard InChI is InChI=1S/C26H35ClN6O/c1-18(2)31-19-6-8-20(9-7-19)32-25-14-21(22(27)15-29-25)23-4-3-5-24(33-23)30-17-26(16-28)10-12-34-13-11-26/h3-5,14-15,18-20,31H,6-13,17H2,1-2H3,(H,29,32)(H,30,33). The molecule has 7 nitrogen and oxygen atoms in total. The van der Waals surface area contributed by atoms with Crippen molar-refractivity contribution in [2.45, 2.75) is 70.5 Å². The summed E-state index contributed by atoms with van der Waals surface area (Å²) < 4.78 is 5.43. The lowest BCUT2D eigenvalue weighted by Crippen LogP contribution is -2.40. The van der Waals surface area contributed by atoms with Crippen LogP contribution < -0.4 is 16.0 Å². The molecule has 3 heterocycles. The zero-order valence-electron chi connectivity index (χ0n) is 20.1. The van der Waals surface area contributed by atoms with E-state index in [0.717, 1.165) is 48.6 Å². The quantitative estimate of drug-likeness (QED) is 0.472. The van der Waals surface area contributed by atoms with Crippen LogP contribution in [0.25, 0.3) is 11.3 Å². The van der Waals surface area contributed by atoms with Crippen LogP contribution in [0.5, 0.6) is 0 Å². The molecule has 3 N–H and O–H groups in total. The van der Waals surface area contributed by atoms with E-state index in [2.05, 4.69) is 40.9 Å². The number of ether oxygens (including phenoxy) is 1. The Bertz CT molecular complexity index is 993. The number of nitrogens with zero attached hydrogens (tertiary/aromatic N) is 3. The van der Waals surface area contributed by atoms with Gasteiger partial charge in [-0.2, -0.15) is 5.26 Å². The number of nitriles is 1. The third-order valence-electron chi connectivity index (χ3n) is 6.82. The van der Waals surface area contributed by atoms with E-state index in [-0.39, 0.29) is 0 Å². The maximum absolute atomic E-state index is 9.71. The van der Waals surface area contributed by atoms with Gasteiger partial charge in [0.25, 0.3) is 0 Å². The second-order valence-corrected chi connectivity index (χ2v) is 10.2. The Morgan fingerprint density at radius 3 is 2.59 bits per heavy atom. The number of hydrogen-bond acceptors (Lipinski definition) is 7. The fourth-order valence-corrected chi connectivity index (χ4v) is 5.03. The normalized spacial score (nSPS) is 22.2. The Morgan fingerprint density at radius 1 is 1.15 bits per heavy atom. The Balaban J connectivity index is 1.41. The zero-order valence-corrected chi connectivity index (χ0v) is 20.9. The summed E-state index contributed by atoms with van der Waals surface area (Å²) in [5, 5.41) is 20.9. The Hall–Kier alpha value is -2.40. The van der Waals surface area contributed by atoms with Gasteiger partial charge in [0.2, 0.25) is 0 Å². The summed E-state index contributed by atoms with van der Waals surface area (Å²) in [7, 11) is 0. The van der Waals surface area contributed by atoms with Gasteiger partial charge in [-0.1, -0.05) is 31.5 Å². The van der Waals surface area contributed by atoms with Gasteiger partial charge < -0.3 is 20.7 Å². The zero-order chi connectivity index (χ0) is 24.0. The number of halogens is 1. The van der Waals surface area contributed by atoms with Crippen molar-refractivity contribution >= 4 is 23.2 Å². The van der Waals surface area contributed by atoms with Crippen molar-refractivity contribution in [2.24, 2.45) is 5.41 Å². The molecule has 4 rings (SSSR count). The minimum atomic E-state index is -0.412. The largest absolute Gasteiger partial charge is 0.381 e. The highest BCUT2D eigenvalue weighted by atomic mass is 35.5. The molecule has 0 spiro atoms. The summed E-state index contributed by atoms with van der Waals surface area (Å²) in [5.41, 5.74) is 1.22. The summed E-state index contributed by atoms with van der Waals surface area (Å²) in [5.74, 6) is 1.56. The lowest BCUT2D eigenvalue weighted by atomic mass is 9.82. The molecule has 34 heavy (non-hydrogen) atoms. The van der Waals surface area contributed by atoms with Gasteiger partial charge in [0.05, 0.1) is 22.2 Å². The maximum atomic E-state index is 9.71. The molecule has 8 heteroatoms. The molecule has 2 aliphatic rings. The fourth-order valence-electron chi connectivity index (χ4n) is 4.83. The van der Waals surface area contributed by atoms with Crippen LogP contribution in [-0.2, 0) is 4.74 Å². The molecule has 0 bridgehead atoms. The van der Waals surface area contributed by atoms with E-state index in [4.69, 9.17) is 21.3 Å². The minimum Gasteiger partial charge on any atom is -0.381 e. The van der Waals surface area contributed by atoms with E-state index in [0.29, 0.717) is 42.9 Å². The molecule has 0 amide bonds. The lowest BCUT2D eigenvalue weighted by molar-refractivity contribution is 0.0455. The lowest BCUT2D eigenvalue weighted by Gasteiger charge is -2.31. The SMILES string of the molecule is CC(C)NC1CCC(Nc2cc(-c3cccc(NCC4(C#N)CCOCC4)n3)c(Cl)cn2)CC1. The van der Waals surface area contributed by atoms with Crippen LogP contribution in [-0.4, -0.2) is 47.9 Å². The van der Waals surface area contributed by atoms with Crippen molar-refractivity contribution in [2.75, 3.05) is 30.4 Å². The molecule has 0 aromatic carbocycles. The van der Waals surface area contributed by atoms with Crippen LogP contribution in [0.1, 0.15) is 52.4 Å². The number of aromatic nitrogens is 2. The molecule has 182 valence electrons. The third-order valence-corrected chi connectivity index (χ3v) is 7.12. The molecular weight excluding hydrogens is 448 g/mol. The van der Waals surface area contributed by atoms with E-state index < -0.39 is 5.41 Å². The summed E-state index contributed by atoms with van der Waals surface area (Å²) in [6, 6.07) is 11.8. The monoisotopic (exact) mass is 482 g/mol. The molecule has 0 atom stereocenters. The smallest absolute Gasteiger partial charge is 0.126 e. The molecule has 2 aromatic heterocycles. The van der Waals surface area contributed by atoms with Crippen molar-refractivity contribution in [1.29, 1.82) is 5.26 Å². The van der Waals surface area contributed by atoms with Gasteiger partial charge in [0.1, 0.15) is 11.6 Å². The summed E-state index contributed by atoms with van der Waals surface area (Å²) in [6.45, 7) is 6.21. The maximum Gasteiger partial charge on any atom is 0.126 e. The molecule has 1 aliphatic heterocycles. The van der Waals surface area contributed by atoms with E-state index >= 15 is 0 Å². The molecule has 0 radical (unpaired) electrons. The van der Waals surface area contributed by atoms with Gasteiger partial charge in [-0.3, -0.25) is 0 Å². The van der Waals surface area contributed by atoms with Crippen LogP contribution >= 0.6 is 11.6 Å². The van der Waals surface area contributed by atoms with Crippen molar-refractivity contribution in [3.63, 3.8) is 0 Å². The van der Waals surface area contributed by atoms with E-state index in [1.54, 1.807) is 6.20 Å². The van der Waals surface area contributed by atoms with E-state index in [1.165, 1.54) is 12.8 Å². The highest BCUT2D eigenvalue weighted by molar-refractivity contribution is 6.33. The first-order valence-electron chi connectivity index (χ1n) is 12.3. The van der Waals surface area contributed by atoms with Crippen LogP contribution in [0, 0.1) is 16.7 Å².